The highest BCUT2D eigenvalue weighted by molar-refractivity contribution is 7.86. The van der Waals surface area contributed by atoms with Gasteiger partial charge in [0.15, 0.2) is 0 Å². The Morgan fingerprint density at radius 2 is 1.30 bits per heavy atom. The van der Waals surface area contributed by atoms with E-state index in [1.165, 1.54) is 34.4 Å². The largest absolute Gasteiger partial charge is 0.744 e. The van der Waals surface area contributed by atoms with Gasteiger partial charge in [0.2, 0.25) is 0 Å². The molecule has 7 aliphatic carbocycles. The Labute approximate surface area is 267 Å². The fraction of sp³-hybridized carbons (Fsp3) is 0.368. The van der Waals surface area contributed by atoms with Crippen LogP contribution in [0.15, 0.2) is 89.8 Å². The predicted octanol–water partition coefficient (Wildman–Crippen LogP) is 6.68. The molecule has 3 atom stereocenters. The van der Waals surface area contributed by atoms with E-state index in [0.29, 0.717) is 24.1 Å². The van der Waals surface area contributed by atoms with Gasteiger partial charge in [-0.1, -0.05) is 72.8 Å². The summed E-state index contributed by atoms with van der Waals surface area (Å²) in [6, 6.07) is 26.2. The van der Waals surface area contributed by atoms with Crippen LogP contribution in [0.25, 0.3) is 10.8 Å². The molecule has 3 unspecified atom stereocenters. The van der Waals surface area contributed by atoms with Gasteiger partial charge in [-0.2, -0.15) is 0 Å². The normalized spacial score (nSPS) is 31.7. The van der Waals surface area contributed by atoms with Crippen LogP contribution in [-0.4, -0.2) is 31.0 Å². The molecule has 0 spiro atoms. The predicted molar refractivity (Wildman–Crippen MR) is 168 cm³/mol. The van der Waals surface area contributed by atoms with Gasteiger partial charge in [-0.3, -0.25) is 9.59 Å². The van der Waals surface area contributed by atoms with Crippen molar-refractivity contribution in [2.45, 2.75) is 61.4 Å². The molecule has 7 aliphatic rings. The molecule has 0 aromatic heterocycles. The molecule has 0 amide bonds. The number of rotatable bonds is 5. The van der Waals surface area contributed by atoms with Crippen molar-refractivity contribution >= 4 is 32.8 Å². The van der Waals surface area contributed by atoms with Crippen molar-refractivity contribution in [2.24, 2.45) is 29.1 Å². The highest BCUT2D eigenvalue weighted by atomic mass is 32.2. The lowest BCUT2D eigenvalue weighted by atomic mass is 9.48. The van der Waals surface area contributed by atoms with Crippen molar-refractivity contribution in [2.75, 3.05) is 0 Å². The molecule has 4 saturated carbocycles. The third-order valence-electron chi connectivity index (χ3n) is 11.8. The lowest BCUT2D eigenvalue weighted by Crippen LogP contribution is -2.58. The van der Waals surface area contributed by atoms with Crippen LogP contribution in [0.2, 0.25) is 0 Å². The summed E-state index contributed by atoms with van der Waals surface area (Å²) in [5, 5.41) is 0.649. The van der Waals surface area contributed by atoms with Gasteiger partial charge in [0, 0.05) is 22.6 Å². The minimum Gasteiger partial charge on any atom is -0.744 e. The average molecular weight is 634 g/mol. The zero-order valence-corrected chi connectivity index (χ0v) is 25.9. The molecule has 46 heavy (non-hydrogen) atoms. The first kappa shape index (κ1) is 28.2. The third-order valence-corrected chi connectivity index (χ3v) is 12.7. The summed E-state index contributed by atoms with van der Waals surface area (Å²) in [6.45, 7) is 0. The maximum absolute atomic E-state index is 14.1. The van der Waals surface area contributed by atoms with E-state index in [9.17, 15) is 22.6 Å². The van der Waals surface area contributed by atoms with Crippen LogP contribution in [0.5, 0.6) is 5.75 Å². The number of hydrogen-bond donors (Lipinski definition) is 0. The molecule has 4 aromatic rings. The minimum absolute atomic E-state index is 0.0131. The molecule has 7 nitrogen and oxygen atoms in total. The van der Waals surface area contributed by atoms with Crippen LogP contribution >= 0.6 is 0 Å². The van der Waals surface area contributed by atoms with Crippen LogP contribution in [0.1, 0.15) is 72.6 Å². The number of hydrogen-bond acceptors (Lipinski definition) is 7. The summed E-state index contributed by atoms with van der Waals surface area (Å²) in [5.74, 6) is 0.297. The van der Waals surface area contributed by atoms with Crippen molar-refractivity contribution in [1.82, 2.24) is 0 Å². The Morgan fingerprint density at radius 1 is 0.717 bits per heavy atom. The highest BCUT2D eigenvalue weighted by Gasteiger charge is 2.61. The topological polar surface area (TPSA) is 110 Å². The third kappa shape index (κ3) is 4.15. The zero-order valence-electron chi connectivity index (χ0n) is 25.1. The van der Waals surface area contributed by atoms with E-state index >= 15 is 0 Å². The van der Waals surface area contributed by atoms with Gasteiger partial charge in [0.05, 0.1) is 16.2 Å². The van der Waals surface area contributed by atoms with Gasteiger partial charge in [-0.15, -0.1) is 0 Å². The summed E-state index contributed by atoms with van der Waals surface area (Å²) < 4.78 is 48.2. The van der Waals surface area contributed by atoms with Crippen molar-refractivity contribution in [3.8, 4) is 5.75 Å². The van der Waals surface area contributed by atoms with E-state index in [4.69, 9.17) is 9.47 Å². The van der Waals surface area contributed by atoms with E-state index in [2.05, 4.69) is 48.5 Å². The minimum atomic E-state index is -4.70. The number of ether oxygens (including phenoxy) is 2. The number of carbonyl (C=O) groups excluding carboxylic acids is 2. The van der Waals surface area contributed by atoms with Crippen LogP contribution in [0.4, 0.5) is 0 Å². The summed E-state index contributed by atoms with van der Waals surface area (Å²) in [5.41, 5.74) is 4.44. The van der Waals surface area contributed by atoms with E-state index in [1.807, 2.05) is 0 Å². The maximum Gasteiger partial charge on any atom is 0.317 e. The molecule has 11 rings (SSSR count). The number of benzene rings is 4. The lowest BCUT2D eigenvalue weighted by molar-refractivity contribution is -0.194. The van der Waals surface area contributed by atoms with Gasteiger partial charge >= 0.3 is 11.9 Å². The lowest BCUT2D eigenvalue weighted by Gasteiger charge is -2.58. The van der Waals surface area contributed by atoms with E-state index in [-0.39, 0.29) is 63.7 Å². The van der Waals surface area contributed by atoms with Gasteiger partial charge in [-0.25, -0.2) is 8.42 Å². The maximum atomic E-state index is 14.1. The van der Waals surface area contributed by atoms with Crippen LogP contribution in [0.3, 0.4) is 0 Å². The first-order chi connectivity index (χ1) is 22.2. The van der Waals surface area contributed by atoms with Crippen molar-refractivity contribution in [1.29, 1.82) is 0 Å². The number of carbonyl (C=O) groups is 2. The standard InChI is InChI=1S/C38H34O7S/c39-36(31-17-30-24-7-1-5-11-28(24)34(31)29-12-6-2-8-25(29)30)45-35-22-15-21-16-23(35)20-38(18-21,19-22)37(40)44-32-13-14-33(46(41,42)43)27-10-4-3-9-26(27)32/h1-14,21-23,30-31,34-35H,15-20H2,(H,41,42,43)/p-1. The van der Waals surface area contributed by atoms with E-state index < -0.39 is 15.5 Å². The molecule has 234 valence electrons. The first-order valence-corrected chi connectivity index (χ1v) is 17.7. The van der Waals surface area contributed by atoms with Crippen molar-refractivity contribution in [3.63, 3.8) is 0 Å². The molecule has 6 bridgehead atoms. The molecule has 0 N–H and O–H groups in total. The van der Waals surface area contributed by atoms with E-state index in [1.54, 1.807) is 24.3 Å². The SMILES string of the molecule is O=C(OC1C2CC3CC1CC(C(=O)Oc1ccc(S(=O)(=O)[O-])c4ccccc14)(C3)C2)C1CC2c3ccccc3C1c1ccccc12. The molecule has 8 heteroatoms. The Hall–Kier alpha value is -4.01. The molecule has 0 radical (unpaired) electrons. The highest BCUT2D eigenvalue weighted by Crippen LogP contribution is 2.62. The monoisotopic (exact) mass is 633 g/mol. The second kappa shape index (κ2) is 9.99. The molecule has 0 aliphatic heterocycles. The van der Waals surface area contributed by atoms with Gasteiger partial charge < -0.3 is 14.0 Å². The van der Waals surface area contributed by atoms with Crippen LogP contribution < -0.4 is 4.74 Å². The summed E-state index contributed by atoms with van der Waals surface area (Å²) in [7, 11) is -4.70. The smallest absolute Gasteiger partial charge is 0.317 e. The Bertz CT molecular complexity index is 1990. The molecule has 0 heterocycles. The zero-order chi connectivity index (χ0) is 31.4. The summed E-state index contributed by atoms with van der Waals surface area (Å²) in [6.07, 6.45) is 4.35. The number of esters is 2. The summed E-state index contributed by atoms with van der Waals surface area (Å²) in [4.78, 5) is 27.7. The van der Waals surface area contributed by atoms with Crippen LogP contribution in [0, 0.1) is 29.1 Å². The molecule has 4 aromatic carbocycles. The molecule has 4 fully saturated rings. The molecule has 0 saturated heterocycles. The van der Waals surface area contributed by atoms with Crippen LogP contribution in [-0.2, 0) is 24.4 Å². The molecular formula is C38H33O7S-. The number of fused-ring (bicyclic) bond motifs is 2. The first-order valence-electron chi connectivity index (χ1n) is 16.3. The molecular weight excluding hydrogens is 600 g/mol. The second-order valence-corrected chi connectivity index (χ2v) is 15.6. The Morgan fingerprint density at radius 3 is 1.93 bits per heavy atom. The van der Waals surface area contributed by atoms with Gasteiger partial charge in [0.1, 0.15) is 22.0 Å². The Balaban J connectivity index is 0.963. The fourth-order valence-corrected chi connectivity index (χ4v) is 11.0. The quantitative estimate of drug-likeness (QED) is 0.137. The average Bonchev–Trinajstić information content (AvgIpc) is 3.05. The Kier molecular flexibility index (Phi) is 6.13. The van der Waals surface area contributed by atoms with Crippen molar-refractivity contribution < 1.29 is 32.0 Å². The van der Waals surface area contributed by atoms with Gasteiger partial charge in [0.25, 0.3) is 0 Å². The van der Waals surface area contributed by atoms with Crippen molar-refractivity contribution in [3.05, 3.63) is 107 Å². The fourth-order valence-electron chi connectivity index (χ4n) is 10.3. The second-order valence-electron chi connectivity index (χ2n) is 14.2. The summed E-state index contributed by atoms with van der Waals surface area (Å²) >= 11 is 0. The van der Waals surface area contributed by atoms with E-state index in [0.717, 1.165) is 25.7 Å². The van der Waals surface area contributed by atoms with Gasteiger partial charge in [-0.05, 0) is 90.7 Å².